The Bertz CT molecular complexity index is 886. The molecule has 0 bridgehead atoms. The number of rotatable bonds is 17. The number of Topliss-reactive ketones (excluding diaryl/α,β-unsaturated/α-hetero) is 2. The van der Waals surface area contributed by atoms with E-state index in [1.807, 2.05) is 0 Å². The maximum atomic E-state index is 12.4. The molecule has 0 aromatic carbocycles. The zero-order valence-corrected chi connectivity index (χ0v) is 21.9. The Morgan fingerprint density at radius 1 is 0.472 bits per heavy atom. The van der Waals surface area contributed by atoms with Gasteiger partial charge in [-0.2, -0.15) is 0 Å². The van der Waals surface area contributed by atoms with E-state index >= 15 is 0 Å². The Morgan fingerprint density at radius 2 is 0.778 bits per heavy atom. The topological polar surface area (TPSA) is 105 Å². The third-order valence-electron chi connectivity index (χ3n) is 6.47. The molecule has 2 aliphatic carbocycles. The predicted octanol–water partition coefficient (Wildman–Crippen LogP) is 4.83. The minimum atomic E-state index is -0.324. The highest BCUT2D eigenvalue weighted by atomic mass is 16.5. The van der Waals surface area contributed by atoms with Crippen molar-refractivity contribution in [3.05, 3.63) is 46.3 Å². The first-order chi connectivity index (χ1) is 17.4. The van der Waals surface area contributed by atoms with E-state index in [-0.39, 0.29) is 46.2 Å². The number of allylic oxidation sites excluding steroid dienone is 4. The van der Waals surface area contributed by atoms with E-state index in [4.69, 9.17) is 18.9 Å². The maximum Gasteiger partial charge on any atom is 0.227 e. The molecule has 0 aliphatic heterocycles. The zero-order chi connectivity index (χ0) is 26.5. The van der Waals surface area contributed by atoms with E-state index in [9.17, 15) is 19.2 Å². The van der Waals surface area contributed by atoms with Crippen LogP contribution in [0.5, 0.6) is 0 Å². The van der Waals surface area contributed by atoms with Gasteiger partial charge in [0.1, 0.15) is 0 Å². The van der Waals surface area contributed by atoms with Gasteiger partial charge in [0.05, 0.1) is 28.4 Å². The van der Waals surface area contributed by atoms with Crippen molar-refractivity contribution >= 4 is 23.1 Å². The van der Waals surface area contributed by atoms with Gasteiger partial charge in [-0.25, -0.2) is 0 Å². The lowest BCUT2D eigenvalue weighted by Gasteiger charge is -2.17. The van der Waals surface area contributed by atoms with E-state index in [0.717, 1.165) is 64.2 Å². The molecule has 0 atom stereocenters. The van der Waals surface area contributed by atoms with Gasteiger partial charge in [0, 0.05) is 23.3 Å². The molecule has 36 heavy (non-hydrogen) atoms. The highest BCUT2D eigenvalue weighted by Crippen LogP contribution is 2.26. The number of hydrogen-bond donors (Lipinski definition) is 0. The van der Waals surface area contributed by atoms with Crippen LogP contribution in [0, 0.1) is 0 Å². The lowest BCUT2D eigenvalue weighted by atomic mass is 9.94. The van der Waals surface area contributed by atoms with Crippen LogP contribution in [0.15, 0.2) is 46.3 Å². The molecule has 0 N–H and O–H groups in total. The number of ether oxygens (including phenoxy) is 4. The molecular weight excluding hydrogens is 464 g/mol. The Morgan fingerprint density at radius 3 is 1.06 bits per heavy atom. The van der Waals surface area contributed by atoms with Crippen molar-refractivity contribution in [2.75, 3.05) is 28.4 Å². The van der Waals surface area contributed by atoms with E-state index < -0.39 is 0 Å². The van der Waals surface area contributed by atoms with Gasteiger partial charge in [-0.1, -0.05) is 51.4 Å². The summed E-state index contributed by atoms with van der Waals surface area (Å²) in [5.74, 6) is -0.775. The Labute approximate surface area is 213 Å². The molecule has 0 spiro atoms. The van der Waals surface area contributed by atoms with Crippen LogP contribution in [-0.2, 0) is 38.1 Å². The fraction of sp³-hybridized carbons (Fsp3) is 0.571. The summed E-state index contributed by atoms with van der Waals surface area (Å²) in [5.41, 5.74) is 0.813. The second-order valence-electron chi connectivity index (χ2n) is 8.87. The second kappa shape index (κ2) is 15.1. The molecule has 0 aromatic rings. The molecule has 198 valence electrons. The summed E-state index contributed by atoms with van der Waals surface area (Å²) in [5, 5.41) is 0. The predicted molar refractivity (Wildman–Crippen MR) is 134 cm³/mol. The molecule has 2 aliphatic rings. The molecule has 2 rings (SSSR count). The quantitative estimate of drug-likeness (QED) is 0.206. The number of methoxy groups -OCH3 is 4. The molecule has 8 nitrogen and oxygen atoms in total. The third-order valence-corrected chi connectivity index (χ3v) is 6.47. The fourth-order valence-electron chi connectivity index (χ4n) is 4.52. The molecule has 0 saturated heterocycles. The second-order valence-corrected chi connectivity index (χ2v) is 8.87. The summed E-state index contributed by atoms with van der Waals surface area (Å²) in [6.07, 6.45) is 13.7. The van der Waals surface area contributed by atoms with Crippen LogP contribution in [0.3, 0.4) is 0 Å². The van der Waals surface area contributed by atoms with Gasteiger partial charge in [-0.15, -0.1) is 0 Å². The monoisotopic (exact) mass is 502 g/mol. The average Bonchev–Trinajstić information content (AvgIpc) is 2.87. The first-order valence-electron chi connectivity index (χ1n) is 12.6. The molecule has 0 aromatic heterocycles. The summed E-state index contributed by atoms with van der Waals surface area (Å²) in [4.78, 5) is 49.0. The van der Waals surface area contributed by atoms with E-state index in [0.29, 0.717) is 24.0 Å². The van der Waals surface area contributed by atoms with Crippen molar-refractivity contribution in [2.45, 2.75) is 77.0 Å². The zero-order valence-electron chi connectivity index (χ0n) is 21.9. The number of hydrogen-bond acceptors (Lipinski definition) is 8. The number of ketones is 4. The van der Waals surface area contributed by atoms with Gasteiger partial charge in [-0.05, 0) is 25.7 Å². The molecule has 0 heterocycles. The van der Waals surface area contributed by atoms with Crippen molar-refractivity contribution < 1.29 is 38.1 Å². The van der Waals surface area contributed by atoms with Gasteiger partial charge in [0.25, 0.3) is 0 Å². The molecule has 8 heteroatoms. The maximum absolute atomic E-state index is 12.4. The minimum absolute atomic E-state index is 0.0713. The van der Waals surface area contributed by atoms with Crippen LogP contribution in [-0.4, -0.2) is 51.6 Å². The molecule has 0 unspecified atom stereocenters. The number of unbranched alkanes of at least 4 members (excludes halogenated alkanes) is 9. The Balaban J connectivity index is 1.57. The normalized spacial score (nSPS) is 16.3. The fourth-order valence-corrected chi connectivity index (χ4v) is 4.52. The molecule has 0 amide bonds. The van der Waals surface area contributed by atoms with Crippen molar-refractivity contribution in [2.24, 2.45) is 0 Å². The van der Waals surface area contributed by atoms with E-state index in [1.54, 1.807) is 0 Å². The lowest BCUT2D eigenvalue weighted by Crippen LogP contribution is -2.21. The van der Waals surface area contributed by atoms with Gasteiger partial charge in [-0.3, -0.25) is 19.2 Å². The molecule has 0 fully saturated rings. The Hall–Kier alpha value is -3.16. The molecular formula is C28H38O8. The van der Waals surface area contributed by atoms with Crippen LogP contribution >= 0.6 is 0 Å². The van der Waals surface area contributed by atoms with Crippen LogP contribution in [0.4, 0.5) is 0 Å². The van der Waals surface area contributed by atoms with Crippen LogP contribution < -0.4 is 0 Å². The SMILES string of the molecule is COC1=CC(=O)C(OC)=C(CCCCCCCCCCCCC2=C(OC)C(=O)C=C(OC)C2=O)C1=O. The van der Waals surface area contributed by atoms with Gasteiger partial charge < -0.3 is 18.9 Å². The average molecular weight is 503 g/mol. The molecule has 0 radical (unpaired) electrons. The van der Waals surface area contributed by atoms with Crippen molar-refractivity contribution in [1.82, 2.24) is 0 Å². The summed E-state index contributed by atoms with van der Waals surface area (Å²) < 4.78 is 20.4. The van der Waals surface area contributed by atoms with Gasteiger partial charge >= 0.3 is 0 Å². The summed E-state index contributed by atoms with van der Waals surface area (Å²) in [7, 11) is 5.59. The number of carbonyl (C=O) groups is 4. The van der Waals surface area contributed by atoms with E-state index in [2.05, 4.69) is 0 Å². The smallest absolute Gasteiger partial charge is 0.227 e. The van der Waals surface area contributed by atoms with Crippen molar-refractivity contribution in [3.8, 4) is 0 Å². The van der Waals surface area contributed by atoms with Crippen molar-refractivity contribution in [3.63, 3.8) is 0 Å². The van der Waals surface area contributed by atoms with Gasteiger partial charge in [0.15, 0.2) is 23.0 Å². The van der Waals surface area contributed by atoms with Gasteiger partial charge in [0.2, 0.25) is 23.1 Å². The summed E-state index contributed by atoms with van der Waals surface area (Å²) in [6, 6.07) is 0. The first kappa shape index (κ1) is 29.1. The number of carbonyl (C=O) groups excluding carboxylic acids is 4. The largest absolute Gasteiger partial charge is 0.493 e. The van der Waals surface area contributed by atoms with Crippen LogP contribution in [0.2, 0.25) is 0 Å². The van der Waals surface area contributed by atoms with E-state index in [1.165, 1.54) is 40.6 Å². The summed E-state index contributed by atoms with van der Waals surface area (Å²) >= 11 is 0. The Kier molecular flexibility index (Phi) is 12.2. The highest BCUT2D eigenvalue weighted by Gasteiger charge is 2.30. The molecule has 0 saturated carbocycles. The third kappa shape index (κ3) is 7.67. The standard InChI is InChI=1S/C28H38O8/c1-33-23-17-21(29)27(35-3)19(25(23)31)15-13-11-9-7-5-6-8-10-12-14-16-20-26(32)24(34-2)18-22(30)28(20)36-4/h17-18H,5-16H2,1-4H3. The lowest BCUT2D eigenvalue weighted by molar-refractivity contribution is -0.120. The summed E-state index contributed by atoms with van der Waals surface area (Å²) in [6.45, 7) is 0. The minimum Gasteiger partial charge on any atom is -0.493 e. The highest BCUT2D eigenvalue weighted by molar-refractivity contribution is 6.21. The van der Waals surface area contributed by atoms with Crippen molar-refractivity contribution in [1.29, 1.82) is 0 Å². The first-order valence-corrected chi connectivity index (χ1v) is 12.6. The van der Waals surface area contributed by atoms with Crippen LogP contribution in [0.25, 0.3) is 0 Å². The van der Waals surface area contributed by atoms with Crippen LogP contribution in [0.1, 0.15) is 77.0 Å².